The van der Waals surface area contributed by atoms with Gasteiger partial charge in [0.05, 0.1) is 0 Å². The highest BCUT2D eigenvalue weighted by molar-refractivity contribution is 8.76. The fraction of sp³-hybridized carbons (Fsp3) is 0.125. The van der Waals surface area contributed by atoms with Gasteiger partial charge >= 0.3 is 11.9 Å². The molecule has 0 bridgehead atoms. The molecule has 0 aliphatic heterocycles. The third-order valence-corrected chi connectivity index (χ3v) is 5.02. The second kappa shape index (κ2) is 9.09. The first kappa shape index (κ1) is 18.0. The largest absolute Gasteiger partial charge is 0.482 e. The molecule has 6 nitrogen and oxygen atoms in total. The van der Waals surface area contributed by atoms with Crippen molar-refractivity contribution in [1.82, 2.24) is 0 Å². The molecular formula is C16H14O6S2. The normalized spacial score (nSPS) is 10.2. The number of ether oxygens (including phenoxy) is 2. The minimum Gasteiger partial charge on any atom is -0.482 e. The smallest absolute Gasteiger partial charge is 0.341 e. The van der Waals surface area contributed by atoms with E-state index in [4.69, 9.17) is 19.7 Å². The van der Waals surface area contributed by atoms with Crippen molar-refractivity contribution in [3.63, 3.8) is 0 Å². The highest BCUT2D eigenvalue weighted by Crippen LogP contribution is 2.38. The van der Waals surface area contributed by atoms with E-state index < -0.39 is 11.9 Å². The van der Waals surface area contributed by atoms with E-state index in [1.165, 1.54) is 0 Å². The molecule has 0 aliphatic rings. The number of benzene rings is 2. The number of hydrogen-bond donors (Lipinski definition) is 2. The molecule has 0 heterocycles. The Kier molecular flexibility index (Phi) is 6.83. The molecule has 0 saturated heterocycles. The lowest BCUT2D eigenvalue weighted by molar-refractivity contribution is -0.140. The van der Waals surface area contributed by atoms with E-state index in [1.807, 2.05) is 24.3 Å². The lowest BCUT2D eigenvalue weighted by Gasteiger charge is -2.06. The number of carboxylic acids is 2. The molecule has 8 heteroatoms. The summed E-state index contributed by atoms with van der Waals surface area (Å²) in [5.74, 6) is -1.02. The summed E-state index contributed by atoms with van der Waals surface area (Å²) in [6.07, 6.45) is 0. The van der Waals surface area contributed by atoms with Gasteiger partial charge in [-0.05, 0) is 48.5 Å². The molecule has 24 heavy (non-hydrogen) atoms. The zero-order valence-corrected chi connectivity index (χ0v) is 14.0. The van der Waals surface area contributed by atoms with Crippen LogP contribution < -0.4 is 9.47 Å². The summed E-state index contributed by atoms with van der Waals surface area (Å²) in [6, 6.07) is 14.3. The van der Waals surface area contributed by atoms with Crippen LogP contribution in [0.4, 0.5) is 0 Å². The van der Waals surface area contributed by atoms with Crippen molar-refractivity contribution in [3.8, 4) is 11.5 Å². The van der Waals surface area contributed by atoms with Gasteiger partial charge in [-0.3, -0.25) is 0 Å². The average molecular weight is 366 g/mol. The summed E-state index contributed by atoms with van der Waals surface area (Å²) >= 11 is 0. The van der Waals surface area contributed by atoms with Crippen LogP contribution in [-0.2, 0) is 9.59 Å². The summed E-state index contributed by atoms with van der Waals surface area (Å²) in [7, 11) is 3.08. The highest BCUT2D eigenvalue weighted by atomic mass is 33.1. The first-order valence-corrected chi connectivity index (χ1v) is 8.92. The number of rotatable bonds is 9. The zero-order chi connectivity index (χ0) is 17.4. The van der Waals surface area contributed by atoms with Crippen LogP contribution in [0, 0.1) is 0 Å². The molecule has 0 radical (unpaired) electrons. The molecule has 0 fully saturated rings. The predicted molar refractivity (Wildman–Crippen MR) is 90.9 cm³/mol. The van der Waals surface area contributed by atoms with Crippen molar-refractivity contribution in [2.75, 3.05) is 13.2 Å². The van der Waals surface area contributed by atoms with Gasteiger partial charge in [0.25, 0.3) is 0 Å². The minimum absolute atomic E-state index is 0.364. The van der Waals surface area contributed by atoms with E-state index in [1.54, 1.807) is 45.9 Å². The summed E-state index contributed by atoms with van der Waals surface area (Å²) < 4.78 is 10.1. The Labute approximate surface area is 146 Å². The Bertz CT molecular complexity index is 623. The van der Waals surface area contributed by atoms with Crippen molar-refractivity contribution in [1.29, 1.82) is 0 Å². The van der Waals surface area contributed by atoms with Crippen LogP contribution in [0.2, 0.25) is 0 Å². The first-order valence-electron chi connectivity index (χ1n) is 6.77. The molecule has 2 N–H and O–H groups in total. The van der Waals surface area contributed by atoms with Crippen LogP contribution in [0.5, 0.6) is 11.5 Å². The first-order chi connectivity index (χ1) is 11.5. The molecule has 0 saturated carbocycles. The number of hydrogen-bond acceptors (Lipinski definition) is 6. The molecule has 0 aliphatic carbocycles. The molecule has 2 aromatic rings. The fourth-order valence-electron chi connectivity index (χ4n) is 1.57. The fourth-order valence-corrected chi connectivity index (χ4v) is 3.50. The van der Waals surface area contributed by atoms with Crippen LogP contribution in [0.15, 0.2) is 58.3 Å². The van der Waals surface area contributed by atoms with Gasteiger partial charge < -0.3 is 19.7 Å². The molecule has 2 aromatic carbocycles. The molecule has 0 amide bonds. The van der Waals surface area contributed by atoms with Crippen LogP contribution in [0.25, 0.3) is 0 Å². The Morgan fingerprint density at radius 3 is 1.33 bits per heavy atom. The van der Waals surface area contributed by atoms with Crippen molar-refractivity contribution in [2.24, 2.45) is 0 Å². The van der Waals surface area contributed by atoms with Crippen molar-refractivity contribution in [3.05, 3.63) is 48.5 Å². The molecule has 2 rings (SSSR count). The lowest BCUT2D eigenvalue weighted by Crippen LogP contribution is -2.09. The summed E-state index contributed by atoms with van der Waals surface area (Å²) in [6.45, 7) is -0.727. The summed E-state index contributed by atoms with van der Waals surface area (Å²) in [5.41, 5.74) is 0. The Morgan fingerprint density at radius 1 is 0.708 bits per heavy atom. The Hall–Kier alpha value is -2.32. The van der Waals surface area contributed by atoms with Gasteiger partial charge in [-0.1, -0.05) is 21.6 Å². The molecule has 0 atom stereocenters. The zero-order valence-electron chi connectivity index (χ0n) is 12.4. The van der Waals surface area contributed by atoms with Gasteiger partial charge in [0.2, 0.25) is 0 Å². The van der Waals surface area contributed by atoms with E-state index in [2.05, 4.69) is 0 Å². The third kappa shape index (κ3) is 6.43. The Morgan fingerprint density at radius 2 is 1.04 bits per heavy atom. The average Bonchev–Trinajstić information content (AvgIpc) is 2.58. The molecule has 0 aromatic heterocycles. The van der Waals surface area contributed by atoms with E-state index in [0.29, 0.717) is 11.5 Å². The van der Waals surface area contributed by atoms with Gasteiger partial charge in [-0.15, -0.1) is 0 Å². The second-order valence-electron chi connectivity index (χ2n) is 4.47. The van der Waals surface area contributed by atoms with Crippen LogP contribution >= 0.6 is 21.6 Å². The van der Waals surface area contributed by atoms with E-state index >= 15 is 0 Å². The van der Waals surface area contributed by atoms with E-state index in [9.17, 15) is 9.59 Å². The monoisotopic (exact) mass is 366 g/mol. The number of carbonyl (C=O) groups is 2. The maximum Gasteiger partial charge on any atom is 0.341 e. The van der Waals surface area contributed by atoms with E-state index in [-0.39, 0.29) is 13.2 Å². The molecular weight excluding hydrogens is 352 g/mol. The lowest BCUT2D eigenvalue weighted by atomic mass is 10.3. The third-order valence-electron chi connectivity index (χ3n) is 2.61. The van der Waals surface area contributed by atoms with Crippen molar-refractivity contribution in [2.45, 2.75) is 9.79 Å². The second-order valence-corrected chi connectivity index (χ2v) is 6.75. The summed E-state index contributed by atoms with van der Waals surface area (Å²) in [4.78, 5) is 22.8. The standard InChI is InChI=1S/C16H14O6S2/c17-15(18)9-21-11-1-5-13(6-2-11)23-24-14-7-3-12(4-8-14)22-10-16(19)20/h1-8H,9-10H2,(H,17,18)(H,19,20). The quantitative estimate of drug-likeness (QED) is 0.652. The Balaban J connectivity index is 1.82. The number of carboxylic acid groups (broad SMARTS) is 2. The maximum atomic E-state index is 10.4. The van der Waals surface area contributed by atoms with Gasteiger partial charge in [0.1, 0.15) is 11.5 Å². The van der Waals surface area contributed by atoms with Gasteiger partial charge in [-0.2, -0.15) is 0 Å². The predicted octanol–water partition coefficient (Wildman–Crippen LogP) is 3.41. The van der Waals surface area contributed by atoms with E-state index in [0.717, 1.165) is 9.79 Å². The van der Waals surface area contributed by atoms with Gasteiger partial charge in [-0.25, -0.2) is 9.59 Å². The molecule has 126 valence electrons. The topological polar surface area (TPSA) is 93.1 Å². The summed E-state index contributed by atoms with van der Waals surface area (Å²) in [5, 5.41) is 17.1. The van der Waals surface area contributed by atoms with Crippen LogP contribution in [-0.4, -0.2) is 35.4 Å². The van der Waals surface area contributed by atoms with Crippen LogP contribution in [0.3, 0.4) is 0 Å². The van der Waals surface area contributed by atoms with Crippen molar-refractivity contribution < 1.29 is 29.3 Å². The van der Waals surface area contributed by atoms with Crippen LogP contribution in [0.1, 0.15) is 0 Å². The maximum absolute atomic E-state index is 10.4. The van der Waals surface area contributed by atoms with Gasteiger partial charge in [0, 0.05) is 9.79 Å². The van der Waals surface area contributed by atoms with Gasteiger partial charge in [0.15, 0.2) is 13.2 Å². The SMILES string of the molecule is O=C(O)COc1ccc(SSc2ccc(OCC(=O)O)cc2)cc1. The minimum atomic E-state index is -1.01. The molecule has 0 unspecified atom stereocenters. The number of aliphatic carboxylic acids is 2. The molecule has 0 spiro atoms. The highest BCUT2D eigenvalue weighted by Gasteiger charge is 2.03. The van der Waals surface area contributed by atoms with Crippen molar-refractivity contribution >= 4 is 33.5 Å².